The summed E-state index contributed by atoms with van der Waals surface area (Å²) in [5.74, 6) is 0.973. The predicted molar refractivity (Wildman–Crippen MR) is 135 cm³/mol. The third-order valence-electron chi connectivity index (χ3n) is 6.82. The zero-order valence-corrected chi connectivity index (χ0v) is 21.5. The Morgan fingerprint density at radius 1 is 1.03 bits per heavy atom. The number of likely N-dealkylation sites (tertiary alicyclic amines) is 1. The van der Waals surface area contributed by atoms with Crippen molar-refractivity contribution in [2.75, 3.05) is 52.5 Å². The van der Waals surface area contributed by atoms with Gasteiger partial charge >= 0.3 is 0 Å². The van der Waals surface area contributed by atoms with Crippen molar-refractivity contribution in [2.45, 2.75) is 89.2 Å². The molecule has 2 heterocycles. The largest absolute Gasteiger partial charge is 0.381 e. The van der Waals surface area contributed by atoms with Crippen molar-refractivity contribution in [3.05, 3.63) is 0 Å². The molecule has 6 nitrogen and oxygen atoms in total. The molecule has 2 N–H and O–H groups in total. The van der Waals surface area contributed by atoms with E-state index in [2.05, 4.69) is 22.5 Å². The van der Waals surface area contributed by atoms with E-state index in [-0.39, 0.29) is 24.0 Å². The van der Waals surface area contributed by atoms with Crippen LogP contribution in [0, 0.1) is 0 Å². The molecule has 2 aliphatic heterocycles. The average molecular weight is 537 g/mol. The summed E-state index contributed by atoms with van der Waals surface area (Å²) < 4.78 is 11.4. The fraction of sp³-hybridized carbons (Fsp3) is 0.957. The van der Waals surface area contributed by atoms with E-state index in [1.54, 1.807) is 0 Å². The van der Waals surface area contributed by atoms with E-state index in [9.17, 15) is 0 Å². The van der Waals surface area contributed by atoms with Crippen LogP contribution < -0.4 is 10.6 Å². The van der Waals surface area contributed by atoms with Gasteiger partial charge < -0.3 is 20.1 Å². The zero-order valence-electron chi connectivity index (χ0n) is 19.1. The van der Waals surface area contributed by atoms with Gasteiger partial charge in [-0.15, -0.1) is 24.0 Å². The number of piperidine rings is 1. The third-order valence-corrected chi connectivity index (χ3v) is 6.82. The Kier molecular flexibility index (Phi) is 12.9. The van der Waals surface area contributed by atoms with Gasteiger partial charge in [0.1, 0.15) is 0 Å². The van der Waals surface area contributed by atoms with Crippen LogP contribution in [0.2, 0.25) is 0 Å². The van der Waals surface area contributed by atoms with Crippen LogP contribution in [0.4, 0.5) is 0 Å². The van der Waals surface area contributed by atoms with Gasteiger partial charge in [-0.1, -0.05) is 25.7 Å². The molecule has 0 amide bonds. The molecule has 0 aromatic carbocycles. The lowest BCUT2D eigenvalue weighted by Gasteiger charge is -2.47. The monoisotopic (exact) mass is 536 g/mol. The maximum atomic E-state index is 5.99. The van der Waals surface area contributed by atoms with Gasteiger partial charge in [-0.3, -0.25) is 9.89 Å². The molecule has 176 valence electrons. The van der Waals surface area contributed by atoms with Crippen molar-refractivity contribution in [1.82, 2.24) is 15.5 Å². The van der Waals surface area contributed by atoms with Crippen LogP contribution in [-0.2, 0) is 9.47 Å². The van der Waals surface area contributed by atoms with E-state index in [1.165, 1.54) is 64.5 Å². The Balaban J connectivity index is 0.00000320. The molecular formula is C23H45IN4O2. The Labute approximate surface area is 201 Å². The highest BCUT2D eigenvalue weighted by molar-refractivity contribution is 14.0. The fourth-order valence-corrected chi connectivity index (χ4v) is 5.09. The van der Waals surface area contributed by atoms with Crippen LogP contribution in [0.1, 0.15) is 77.6 Å². The van der Waals surface area contributed by atoms with E-state index in [1.807, 2.05) is 0 Å². The summed E-state index contributed by atoms with van der Waals surface area (Å²) in [6.45, 7) is 9.93. The van der Waals surface area contributed by atoms with Crippen molar-refractivity contribution in [3.8, 4) is 0 Å². The Morgan fingerprint density at radius 3 is 2.43 bits per heavy atom. The summed E-state index contributed by atoms with van der Waals surface area (Å²) >= 11 is 0. The molecular weight excluding hydrogens is 491 g/mol. The first-order valence-electron chi connectivity index (χ1n) is 12.3. The van der Waals surface area contributed by atoms with Crippen LogP contribution in [0.3, 0.4) is 0 Å². The van der Waals surface area contributed by atoms with Crippen LogP contribution in [-0.4, -0.2) is 75.0 Å². The second-order valence-electron chi connectivity index (χ2n) is 8.99. The lowest BCUT2D eigenvalue weighted by Crippen LogP contribution is -2.54. The molecule has 0 unspecified atom stereocenters. The lowest BCUT2D eigenvalue weighted by molar-refractivity contribution is -0.0320. The van der Waals surface area contributed by atoms with Crippen molar-refractivity contribution in [3.63, 3.8) is 0 Å². The number of rotatable bonds is 9. The molecule has 3 aliphatic rings. The number of halogens is 1. The minimum Gasteiger partial charge on any atom is -0.381 e. The van der Waals surface area contributed by atoms with Gasteiger partial charge in [-0.2, -0.15) is 0 Å². The van der Waals surface area contributed by atoms with Gasteiger partial charge in [0.25, 0.3) is 0 Å². The van der Waals surface area contributed by atoms with Crippen molar-refractivity contribution >= 4 is 29.9 Å². The number of hydrogen-bond acceptors (Lipinski definition) is 4. The highest BCUT2D eigenvalue weighted by Gasteiger charge is 2.38. The highest BCUT2D eigenvalue weighted by Crippen LogP contribution is 2.35. The number of aliphatic imine (C=N–C) groups is 1. The number of guanidine groups is 1. The molecule has 1 saturated carbocycles. The third kappa shape index (κ3) is 8.43. The summed E-state index contributed by atoms with van der Waals surface area (Å²) in [6.07, 6.45) is 14.3. The summed E-state index contributed by atoms with van der Waals surface area (Å²) in [4.78, 5) is 7.85. The second-order valence-corrected chi connectivity index (χ2v) is 8.99. The van der Waals surface area contributed by atoms with E-state index >= 15 is 0 Å². The first-order valence-corrected chi connectivity index (χ1v) is 12.3. The average Bonchev–Trinajstić information content (AvgIpc) is 2.79. The van der Waals surface area contributed by atoms with Gasteiger partial charge in [-0.25, -0.2) is 0 Å². The van der Waals surface area contributed by atoms with Crippen molar-refractivity contribution in [1.29, 1.82) is 0 Å². The van der Waals surface area contributed by atoms with Gasteiger partial charge in [0.05, 0.1) is 12.6 Å². The number of hydrogen-bond donors (Lipinski definition) is 2. The van der Waals surface area contributed by atoms with Crippen LogP contribution in [0.15, 0.2) is 4.99 Å². The summed E-state index contributed by atoms with van der Waals surface area (Å²) in [7, 11) is 0. The summed E-state index contributed by atoms with van der Waals surface area (Å²) in [5, 5.41) is 6.98. The molecule has 0 radical (unpaired) electrons. The Bertz CT molecular complexity index is 474. The molecule has 3 fully saturated rings. The molecule has 0 aromatic heterocycles. The molecule has 3 rings (SSSR count). The van der Waals surface area contributed by atoms with Crippen molar-refractivity contribution in [2.24, 2.45) is 4.99 Å². The molecule has 7 heteroatoms. The first-order chi connectivity index (χ1) is 14.3. The van der Waals surface area contributed by atoms with Crippen LogP contribution in [0.25, 0.3) is 0 Å². The number of nitrogens with zero attached hydrogens (tertiary/aromatic N) is 2. The van der Waals surface area contributed by atoms with Crippen LogP contribution >= 0.6 is 24.0 Å². The minimum atomic E-state index is 0. The van der Waals surface area contributed by atoms with E-state index in [4.69, 9.17) is 14.5 Å². The number of nitrogens with one attached hydrogen (secondary N) is 2. The van der Waals surface area contributed by atoms with Gasteiger partial charge in [0, 0.05) is 38.4 Å². The SMILES string of the molecule is CCNC(=NCC1(N2CCCCC2)CCCCC1)NCCCOC1CCOCC1.I. The Morgan fingerprint density at radius 2 is 1.73 bits per heavy atom. The molecule has 30 heavy (non-hydrogen) atoms. The number of ether oxygens (including phenoxy) is 2. The predicted octanol–water partition coefficient (Wildman–Crippen LogP) is 3.93. The van der Waals surface area contributed by atoms with E-state index in [0.29, 0.717) is 11.6 Å². The zero-order chi connectivity index (χ0) is 20.2. The lowest BCUT2D eigenvalue weighted by atomic mass is 9.79. The topological polar surface area (TPSA) is 58.1 Å². The molecule has 0 bridgehead atoms. The molecule has 1 aliphatic carbocycles. The quantitative estimate of drug-likeness (QED) is 0.203. The Hall–Kier alpha value is -0.120. The normalized spacial score (nSPS) is 23.6. The smallest absolute Gasteiger partial charge is 0.191 e. The van der Waals surface area contributed by atoms with E-state index in [0.717, 1.165) is 64.7 Å². The second kappa shape index (κ2) is 14.9. The fourth-order valence-electron chi connectivity index (χ4n) is 5.09. The molecule has 0 spiro atoms. The molecule has 0 aromatic rings. The standard InChI is InChI=1S/C23H44N4O2.HI/c1-2-24-22(25-14-9-17-29-21-10-18-28-19-11-21)26-20-23(12-5-3-6-13-23)27-15-7-4-8-16-27;/h21H,2-20H2,1H3,(H2,24,25,26);1H. The summed E-state index contributed by atoms with van der Waals surface area (Å²) in [5.41, 5.74) is 0.299. The highest BCUT2D eigenvalue weighted by atomic mass is 127. The van der Waals surface area contributed by atoms with Gasteiger partial charge in [-0.05, 0) is 65.0 Å². The van der Waals surface area contributed by atoms with Gasteiger partial charge in [0.15, 0.2) is 5.96 Å². The van der Waals surface area contributed by atoms with Crippen molar-refractivity contribution < 1.29 is 9.47 Å². The summed E-state index contributed by atoms with van der Waals surface area (Å²) in [6, 6.07) is 0. The first kappa shape index (κ1) is 26.1. The van der Waals surface area contributed by atoms with E-state index < -0.39 is 0 Å². The van der Waals surface area contributed by atoms with Crippen LogP contribution in [0.5, 0.6) is 0 Å². The van der Waals surface area contributed by atoms with Gasteiger partial charge in [0.2, 0.25) is 0 Å². The maximum absolute atomic E-state index is 5.99. The maximum Gasteiger partial charge on any atom is 0.191 e. The molecule has 0 atom stereocenters. The minimum absolute atomic E-state index is 0. The molecule has 2 saturated heterocycles.